The molecule has 3 aliphatic heterocycles. The molecule has 9 nitrogen and oxygen atoms in total. The molecule has 0 bridgehead atoms. The maximum atomic E-state index is 13.4. The van der Waals surface area contributed by atoms with Gasteiger partial charge in [0, 0.05) is 49.2 Å². The molecule has 1 aromatic heterocycles. The Balaban J connectivity index is 1.44. The summed E-state index contributed by atoms with van der Waals surface area (Å²) >= 11 is 0. The van der Waals surface area contributed by atoms with E-state index in [1.54, 1.807) is 6.33 Å². The number of nitrogens with zero attached hydrogens (tertiary/aromatic N) is 5. The molecule has 34 heavy (non-hydrogen) atoms. The molecule has 3 atom stereocenters. The Morgan fingerprint density at radius 1 is 1.12 bits per heavy atom. The molecule has 0 unspecified atom stereocenters. The molecule has 1 aromatic rings. The molecule has 186 valence electrons. The summed E-state index contributed by atoms with van der Waals surface area (Å²) < 4.78 is 5.65. The molecule has 1 N–H and O–H groups in total. The monoisotopic (exact) mass is 470 g/mol. The summed E-state index contributed by atoms with van der Waals surface area (Å²) in [6.07, 6.45) is 5.52. The van der Waals surface area contributed by atoms with Crippen molar-refractivity contribution in [1.29, 1.82) is 0 Å². The zero-order valence-corrected chi connectivity index (χ0v) is 21.1. The van der Waals surface area contributed by atoms with Crippen LogP contribution in [0, 0.1) is 5.92 Å². The van der Waals surface area contributed by atoms with E-state index in [0.29, 0.717) is 19.6 Å². The van der Waals surface area contributed by atoms with Gasteiger partial charge in [-0.25, -0.2) is 14.8 Å². The van der Waals surface area contributed by atoms with E-state index < -0.39 is 5.60 Å². The van der Waals surface area contributed by atoms with Crippen molar-refractivity contribution in [3.05, 3.63) is 11.9 Å². The van der Waals surface area contributed by atoms with Gasteiger partial charge in [-0.3, -0.25) is 9.69 Å². The van der Waals surface area contributed by atoms with E-state index >= 15 is 0 Å². The minimum Gasteiger partial charge on any atom is -0.444 e. The number of amides is 2. The van der Waals surface area contributed by atoms with Gasteiger partial charge in [0.05, 0.1) is 5.92 Å². The molecule has 4 aliphatic rings. The fraction of sp³-hybridized carbons (Fsp3) is 0.760. The average molecular weight is 471 g/mol. The van der Waals surface area contributed by atoms with Crippen LogP contribution >= 0.6 is 0 Å². The third-order valence-corrected chi connectivity index (χ3v) is 7.93. The van der Waals surface area contributed by atoms with Crippen molar-refractivity contribution < 1.29 is 14.3 Å². The second kappa shape index (κ2) is 8.36. The summed E-state index contributed by atoms with van der Waals surface area (Å²) in [4.78, 5) is 41.8. The Morgan fingerprint density at radius 3 is 2.47 bits per heavy atom. The van der Waals surface area contributed by atoms with Crippen LogP contribution in [0.2, 0.25) is 0 Å². The lowest BCUT2D eigenvalue weighted by atomic mass is 9.66. The van der Waals surface area contributed by atoms with Crippen LogP contribution in [0.3, 0.4) is 0 Å². The van der Waals surface area contributed by atoms with Gasteiger partial charge in [0.25, 0.3) is 0 Å². The highest BCUT2D eigenvalue weighted by molar-refractivity contribution is 5.98. The number of carbonyl (C=O) groups excluding carboxylic acids is 2. The Hall–Kier alpha value is -2.42. The van der Waals surface area contributed by atoms with Crippen LogP contribution in [0.4, 0.5) is 16.4 Å². The highest BCUT2D eigenvalue weighted by Gasteiger charge is 2.53. The molecule has 1 spiro atoms. The van der Waals surface area contributed by atoms with E-state index in [2.05, 4.69) is 29.0 Å². The molecule has 1 saturated carbocycles. The molecule has 0 aromatic carbocycles. The van der Waals surface area contributed by atoms with Crippen molar-refractivity contribution >= 4 is 23.6 Å². The zero-order valence-electron chi connectivity index (χ0n) is 21.1. The third kappa shape index (κ3) is 3.91. The highest BCUT2D eigenvalue weighted by atomic mass is 16.6. The third-order valence-electron chi connectivity index (χ3n) is 7.93. The van der Waals surface area contributed by atoms with E-state index in [1.807, 2.05) is 30.6 Å². The first-order chi connectivity index (χ1) is 16.1. The van der Waals surface area contributed by atoms with Gasteiger partial charge in [-0.1, -0.05) is 6.42 Å². The Morgan fingerprint density at radius 2 is 1.85 bits per heavy atom. The van der Waals surface area contributed by atoms with Crippen LogP contribution in [0.1, 0.15) is 65.9 Å². The van der Waals surface area contributed by atoms with Crippen molar-refractivity contribution in [2.75, 3.05) is 42.5 Å². The van der Waals surface area contributed by atoms with E-state index in [4.69, 9.17) is 9.72 Å². The molecular formula is C25H38N6O3. The van der Waals surface area contributed by atoms with Gasteiger partial charge >= 0.3 is 6.09 Å². The second-order valence-corrected chi connectivity index (χ2v) is 11.6. The van der Waals surface area contributed by atoms with Crippen LogP contribution in [-0.4, -0.2) is 77.3 Å². The van der Waals surface area contributed by atoms with Gasteiger partial charge in [-0.15, -0.1) is 0 Å². The lowest BCUT2D eigenvalue weighted by molar-refractivity contribution is -0.122. The van der Waals surface area contributed by atoms with Crippen LogP contribution in [0.25, 0.3) is 0 Å². The summed E-state index contributed by atoms with van der Waals surface area (Å²) in [6.45, 7) is 13.5. The zero-order chi connectivity index (χ0) is 24.3. The minimum atomic E-state index is -0.522. The Bertz CT molecular complexity index is 966. The molecule has 2 saturated heterocycles. The van der Waals surface area contributed by atoms with Crippen LogP contribution in [0.5, 0.6) is 0 Å². The number of hydrogen-bond acceptors (Lipinski definition) is 7. The van der Waals surface area contributed by atoms with Gasteiger partial charge in [0.15, 0.2) is 0 Å². The van der Waals surface area contributed by atoms with E-state index in [-0.39, 0.29) is 35.4 Å². The Kier molecular flexibility index (Phi) is 5.73. The summed E-state index contributed by atoms with van der Waals surface area (Å²) in [6, 6.07) is 0.0568. The summed E-state index contributed by atoms with van der Waals surface area (Å²) in [5.41, 5.74) is 0.579. The van der Waals surface area contributed by atoms with Crippen LogP contribution < -0.4 is 15.1 Å². The molecule has 5 rings (SSSR count). The molecule has 4 heterocycles. The van der Waals surface area contributed by atoms with E-state index in [1.165, 1.54) is 6.42 Å². The van der Waals surface area contributed by atoms with Gasteiger partial charge < -0.3 is 19.9 Å². The number of anilines is 2. The number of carbonyl (C=O) groups is 2. The fourth-order valence-electron chi connectivity index (χ4n) is 6.00. The van der Waals surface area contributed by atoms with Crippen molar-refractivity contribution in [3.63, 3.8) is 0 Å². The minimum absolute atomic E-state index is 0.0160. The number of piperazine rings is 1. The average Bonchev–Trinajstić information content (AvgIpc) is 3.39. The lowest BCUT2D eigenvalue weighted by Gasteiger charge is -2.46. The van der Waals surface area contributed by atoms with Gasteiger partial charge in [0.1, 0.15) is 23.6 Å². The maximum absolute atomic E-state index is 13.4. The fourth-order valence-corrected chi connectivity index (χ4v) is 6.00. The number of hydrogen-bond donors (Lipinski definition) is 1. The highest BCUT2D eigenvalue weighted by Crippen LogP contribution is 2.55. The second-order valence-electron chi connectivity index (χ2n) is 11.6. The largest absolute Gasteiger partial charge is 0.444 e. The van der Waals surface area contributed by atoms with Crippen molar-refractivity contribution in [1.82, 2.24) is 20.2 Å². The SMILES string of the molecule is C[C@@H]1CN(c2ncnc3c2C2(CCC2)CN3C(=O)[C@H]2CCNC2)[C@@H](C)CN1C(=O)OC(C)(C)C. The number of rotatable bonds is 2. The van der Waals surface area contributed by atoms with Crippen molar-refractivity contribution in [2.45, 2.75) is 83.4 Å². The van der Waals surface area contributed by atoms with Crippen molar-refractivity contribution in [3.8, 4) is 0 Å². The number of nitrogens with one attached hydrogen (secondary N) is 1. The van der Waals surface area contributed by atoms with Gasteiger partial charge in [-0.05, 0) is 60.4 Å². The molecule has 0 radical (unpaired) electrons. The molecule has 9 heteroatoms. The van der Waals surface area contributed by atoms with E-state index in [9.17, 15) is 9.59 Å². The number of ether oxygens (including phenoxy) is 1. The quantitative estimate of drug-likeness (QED) is 0.711. The predicted molar refractivity (Wildman–Crippen MR) is 130 cm³/mol. The van der Waals surface area contributed by atoms with Crippen molar-refractivity contribution in [2.24, 2.45) is 5.92 Å². The molecule has 1 aliphatic carbocycles. The predicted octanol–water partition coefficient (Wildman–Crippen LogP) is 2.69. The molecular weight excluding hydrogens is 432 g/mol. The topological polar surface area (TPSA) is 90.9 Å². The van der Waals surface area contributed by atoms with Gasteiger partial charge in [0.2, 0.25) is 5.91 Å². The maximum Gasteiger partial charge on any atom is 0.410 e. The summed E-state index contributed by atoms with van der Waals surface area (Å²) in [5.74, 6) is 1.96. The smallest absolute Gasteiger partial charge is 0.410 e. The first-order valence-electron chi connectivity index (χ1n) is 12.7. The number of aromatic nitrogens is 2. The molecule has 2 amide bonds. The standard InChI is InChI=1S/C25H38N6O3/c1-16-13-30(23(33)34-24(3,4)5)17(2)12-29(16)20-19-21(28-15-27-20)31(14-25(19)8-6-9-25)22(32)18-7-10-26-11-18/h15-18,26H,6-14H2,1-5H3/t16-,17+,18-/m0/s1. The first kappa shape index (κ1) is 23.3. The lowest BCUT2D eigenvalue weighted by Crippen LogP contribution is -2.59. The summed E-state index contributed by atoms with van der Waals surface area (Å²) in [7, 11) is 0. The van der Waals surface area contributed by atoms with Crippen LogP contribution in [-0.2, 0) is 14.9 Å². The molecule has 3 fully saturated rings. The van der Waals surface area contributed by atoms with Crippen LogP contribution in [0.15, 0.2) is 6.33 Å². The normalized spacial score (nSPS) is 28.1. The Labute approximate surface area is 202 Å². The van der Waals surface area contributed by atoms with E-state index in [0.717, 1.165) is 49.6 Å². The van der Waals surface area contributed by atoms with Gasteiger partial charge in [-0.2, -0.15) is 0 Å². The first-order valence-corrected chi connectivity index (χ1v) is 12.7. The number of fused-ring (bicyclic) bond motifs is 2. The summed E-state index contributed by atoms with van der Waals surface area (Å²) in [5, 5.41) is 3.32.